The number of anilines is 1. The van der Waals surface area contributed by atoms with Crippen LogP contribution in [0.4, 0.5) is 5.13 Å². The molecule has 0 bridgehead atoms. The summed E-state index contributed by atoms with van der Waals surface area (Å²) in [4.78, 5) is 46.3. The van der Waals surface area contributed by atoms with Gasteiger partial charge in [0.15, 0.2) is 23.2 Å². The molecule has 1 aromatic heterocycles. The Hall–Kier alpha value is -3.96. The maximum atomic E-state index is 13.2. The number of para-hydroxylation sites is 1. The van der Waals surface area contributed by atoms with Crippen molar-refractivity contribution in [3.8, 4) is 11.8 Å². The summed E-state index contributed by atoms with van der Waals surface area (Å²) >= 11 is 1.10. The van der Waals surface area contributed by atoms with Crippen LogP contribution in [0.25, 0.3) is 0 Å². The van der Waals surface area contributed by atoms with E-state index in [1.54, 1.807) is 12.1 Å². The van der Waals surface area contributed by atoms with Gasteiger partial charge in [-0.3, -0.25) is 9.59 Å². The van der Waals surface area contributed by atoms with Gasteiger partial charge in [0.1, 0.15) is 11.4 Å². The van der Waals surface area contributed by atoms with E-state index >= 15 is 0 Å². The summed E-state index contributed by atoms with van der Waals surface area (Å²) in [6, 6.07) is 6.83. The second-order valence-corrected chi connectivity index (χ2v) is 10.1. The Balaban J connectivity index is 1.41. The average molecular weight is 539 g/mol. The number of rotatable bonds is 9. The van der Waals surface area contributed by atoms with E-state index in [2.05, 4.69) is 21.5 Å². The predicted octanol–water partition coefficient (Wildman–Crippen LogP) is 1.79. The first kappa shape index (κ1) is 27.1. The van der Waals surface area contributed by atoms with Crippen molar-refractivity contribution in [2.24, 2.45) is 11.1 Å². The molecule has 1 saturated carbocycles. The minimum atomic E-state index is -1.42. The summed E-state index contributed by atoms with van der Waals surface area (Å²) in [6.45, 7) is -0.422. The topological polar surface area (TPSA) is 197 Å². The summed E-state index contributed by atoms with van der Waals surface area (Å²) in [5.41, 5.74) is 6.23. The van der Waals surface area contributed by atoms with E-state index in [0.29, 0.717) is 18.4 Å². The van der Waals surface area contributed by atoms with Crippen molar-refractivity contribution in [1.29, 1.82) is 5.26 Å². The molecule has 0 radical (unpaired) electrons. The van der Waals surface area contributed by atoms with Crippen molar-refractivity contribution >= 4 is 47.0 Å². The number of amides is 1. The Labute approximate surface area is 222 Å². The molecule has 1 aliphatic carbocycles. The van der Waals surface area contributed by atoms with E-state index in [9.17, 15) is 24.5 Å². The van der Waals surface area contributed by atoms with E-state index < -0.39 is 37.2 Å². The molecule has 198 valence electrons. The number of aromatic nitrogens is 1. The molecule has 12 nitrogen and oxygen atoms in total. The van der Waals surface area contributed by atoms with Crippen LogP contribution in [0.3, 0.4) is 0 Å². The fourth-order valence-corrected chi connectivity index (χ4v) is 5.14. The zero-order valence-electron chi connectivity index (χ0n) is 20.3. The van der Waals surface area contributed by atoms with E-state index in [1.165, 1.54) is 11.4 Å². The Morgan fingerprint density at radius 2 is 2.08 bits per heavy atom. The van der Waals surface area contributed by atoms with Gasteiger partial charge in [-0.15, -0.1) is 11.3 Å². The number of carbonyl (C=O) groups excluding carboxylic acids is 2. The van der Waals surface area contributed by atoms with Crippen LogP contribution in [0.15, 0.2) is 28.7 Å². The van der Waals surface area contributed by atoms with Gasteiger partial charge in [-0.05, 0) is 43.7 Å². The minimum absolute atomic E-state index is 0.0175. The van der Waals surface area contributed by atoms with Crippen LogP contribution in [0.5, 0.6) is 5.75 Å². The predicted molar refractivity (Wildman–Crippen MR) is 138 cm³/mol. The number of oxime groups is 1. The first-order chi connectivity index (χ1) is 18.2. The van der Waals surface area contributed by atoms with Crippen molar-refractivity contribution < 1.29 is 34.0 Å². The molecule has 0 unspecified atom stereocenters. The zero-order valence-corrected chi connectivity index (χ0v) is 21.1. The van der Waals surface area contributed by atoms with Crippen LogP contribution in [0.1, 0.15) is 53.7 Å². The molecular weight excluding hydrogens is 513 g/mol. The van der Waals surface area contributed by atoms with Crippen LogP contribution in [-0.2, 0) is 20.8 Å². The van der Waals surface area contributed by atoms with Crippen LogP contribution < -0.4 is 15.7 Å². The van der Waals surface area contributed by atoms with Gasteiger partial charge in [-0.2, -0.15) is 5.26 Å². The summed E-state index contributed by atoms with van der Waals surface area (Å²) in [5.74, 6) is -2.70. The van der Waals surface area contributed by atoms with E-state index in [1.807, 2.05) is 0 Å². The van der Waals surface area contributed by atoms with Crippen LogP contribution in [0.2, 0.25) is 5.82 Å². The van der Waals surface area contributed by atoms with Crippen LogP contribution >= 0.6 is 11.3 Å². The number of nitrogens with one attached hydrogen (secondary N) is 1. The highest BCUT2D eigenvalue weighted by Gasteiger charge is 2.39. The van der Waals surface area contributed by atoms with Crippen molar-refractivity contribution in [2.75, 3.05) is 12.3 Å². The van der Waals surface area contributed by atoms with Gasteiger partial charge >= 0.3 is 13.1 Å². The number of hydrogen-bond donors (Lipinski definition) is 4. The van der Waals surface area contributed by atoms with Gasteiger partial charge in [-0.25, -0.2) is 9.78 Å². The number of nitrogens with two attached hydrogens (primary N) is 1. The highest BCUT2D eigenvalue weighted by Crippen LogP contribution is 2.36. The number of nitrogen functional groups attached to an aromatic ring is 1. The SMILES string of the molecule is N#CC1CCC(NC(=O)CO/N=C(\C(=O)C[C@H]2Cc3cccc(C(=O)O)c3OB2O)c2csc(N)n2)CC1. The Bertz CT molecular complexity index is 1290. The maximum absolute atomic E-state index is 13.2. The van der Waals surface area contributed by atoms with Gasteiger partial charge in [0, 0.05) is 29.6 Å². The normalized spacial score (nSPS) is 21.0. The molecule has 1 atom stereocenters. The number of nitriles is 1. The molecule has 0 spiro atoms. The average Bonchev–Trinajstić information content (AvgIpc) is 3.32. The third-order valence-electron chi connectivity index (χ3n) is 6.55. The zero-order chi connectivity index (χ0) is 27.2. The first-order valence-corrected chi connectivity index (χ1v) is 13.0. The largest absolute Gasteiger partial charge is 0.535 e. The molecule has 2 aromatic rings. The third kappa shape index (κ3) is 6.48. The number of carboxylic acids is 1. The number of Topliss-reactive ketones (excluding diaryl/α,β-unsaturated/α-hetero) is 1. The molecule has 38 heavy (non-hydrogen) atoms. The molecule has 4 rings (SSSR count). The van der Waals surface area contributed by atoms with Crippen molar-refractivity contribution in [1.82, 2.24) is 10.3 Å². The van der Waals surface area contributed by atoms with Gasteiger partial charge in [0.05, 0.1) is 11.6 Å². The molecule has 2 aliphatic rings. The lowest BCUT2D eigenvalue weighted by atomic mass is 9.64. The summed E-state index contributed by atoms with van der Waals surface area (Å²) in [7, 11) is -1.42. The van der Waals surface area contributed by atoms with Crippen LogP contribution in [0, 0.1) is 17.2 Å². The lowest BCUT2D eigenvalue weighted by Gasteiger charge is -2.28. The molecule has 5 N–H and O–H groups in total. The fourth-order valence-electron chi connectivity index (χ4n) is 4.59. The molecular formula is C24H26BN5O7S. The number of hydrogen-bond acceptors (Lipinski definition) is 11. The molecule has 2 heterocycles. The van der Waals surface area contributed by atoms with Crippen molar-refractivity contribution in [2.45, 2.75) is 50.4 Å². The molecule has 0 saturated heterocycles. The molecule has 14 heteroatoms. The van der Waals surface area contributed by atoms with Crippen molar-refractivity contribution in [3.63, 3.8) is 0 Å². The van der Waals surface area contributed by atoms with Gasteiger partial charge < -0.3 is 30.7 Å². The summed E-state index contributed by atoms with van der Waals surface area (Å²) in [5, 5.41) is 37.4. The number of benzene rings is 1. The van der Waals surface area contributed by atoms with Gasteiger partial charge in [0.2, 0.25) is 0 Å². The number of fused-ring (bicyclic) bond motifs is 1. The molecule has 1 amide bonds. The van der Waals surface area contributed by atoms with Gasteiger partial charge in [-0.1, -0.05) is 17.3 Å². The summed E-state index contributed by atoms with van der Waals surface area (Å²) < 4.78 is 5.47. The highest BCUT2D eigenvalue weighted by atomic mass is 32.1. The summed E-state index contributed by atoms with van der Waals surface area (Å²) in [6.07, 6.45) is 2.86. The number of carboxylic acid groups (broad SMARTS) is 1. The van der Waals surface area contributed by atoms with E-state index in [-0.39, 0.29) is 52.7 Å². The first-order valence-electron chi connectivity index (χ1n) is 12.1. The Morgan fingerprint density at radius 3 is 2.74 bits per heavy atom. The molecule has 1 aliphatic heterocycles. The third-order valence-corrected chi connectivity index (χ3v) is 7.23. The second kappa shape index (κ2) is 12.1. The minimum Gasteiger partial charge on any atom is -0.535 e. The number of nitrogens with zero attached hydrogens (tertiary/aromatic N) is 3. The monoisotopic (exact) mass is 539 g/mol. The number of ketones is 1. The second-order valence-electron chi connectivity index (χ2n) is 9.23. The number of aromatic carboxylic acids is 1. The van der Waals surface area contributed by atoms with Crippen molar-refractivity contribution in [3.05, 3.63) is 40.4 Å². The number of thiazole rings is 1. The smallest absolute Gasteiger partial charge is 0.526 e. The fraction of sp³-hybridized carbons (Fsp3) is 0.417. The van der Waals surface area contributed by atoms with E-state index in [4.69, 9.17) is 20.5 Å². The Morgan fingerprint density at radius 1 is 1.32 bits per heavy atom. The highest BCUT2D eigenvalue weighted by molar-refractivity contribution is 7.13. The number of carbonyl (C=O) groups is 3. The van der Waals surface area contributed by atoms with E-state index in [0.717, 1.165) is 24.2 Å². The lowest BCUT2D eigenvalue weighted by Crippen LogP contribution is -2.39. The molecule has 1 aromatic carbocycles. The lowest BCUT2D eigenvalue weighted by molar-refractivity contribution is -0.126. The Kier molecular flexibility index (Phi) is 8.60. The molecule has 1 fully saturated rings. The quantitative estimate of drug-likeness (QED) is 0.207. The standard InChI is InChI=1S/C24H26BN5O7S/c26-10-13-4-6-16(7-5-13)28-20(32)11-36-30-21(18-12-38-24(27)29-18)19(31)9-15-8-14-2-1-3-17(23(33)34)22(14)37-25(15)35/h1-3,12-13,15-16,35H,4-9,11H2,(H2,27,29)(H,28,32)(H,33,34)/b30-21-/t13?,15-,16?/m1/s1. The maximum Gasteiger partial charge on any atom is 0.526 e. The van der Waals surface area contributed by atoms with Gasteiger partial charge in [0.25, 0.3) is 5.91 Å². The van der Waals surface area contributed by atoms with Crippen LogP contribution in [-0.4, -0.2) is 58.3 Å².